The van der Waals surface area contributed by atoms with Gasteiger partial charge in [-0.2, -0.15) is 0 Å². The molecule has 0 aromatic heterocycles. The van der Waals surface area contributed by atoms with Gasteiger partial charge in [0.2, 0.25) is 5.91 Å². The van der Waals surface area contributed by atoms with Crippen LogP contribution < -0.4 is 5.32 Å². The van der Waals surface area contributed by atoms with Crippen LogP contribution in [0.1, 0.15) is 38.5 Å². The lowest BCUT2D eigenvalue weighted by atomic mass is 9.88. The Bertz CT molecular complexity index is 254. The summed E-state index contributed by atoms with van der Waals surface area (Å²) in [6.07, 6.45) is 6.68. The smallest absolute Gasteiger partial charge is 0.225 e. The fourth-order valence-corrected chi connectivity index (χ4v) is 3.09. The van der Waals surface area contributed by atoms with E-state index in [1.807, 2.05) is 0 Å². The normalized spacial score (nSPS) is 34.3. The number of hydrogen-bond acceptors (Lipinski definition) is 2. The maximum absolute atomic E-state index is 11.9. The third-order valence-electron chi connectivity index (χ3n) is 3.89. The fraction of sp³-hybridized carbons (Fsp3) is 0.923. The molecule has 1 aliphatic carbocycles. The van der Waals surface area contributed by atoms with E-state index in [1.165, 1.54) is 12.8 Å². The van der Waals surface area contributed by atoms with Gasteiger partial charge in [-0.25, -0.2) is 0 Å². The molecule has 2 rings (SSSR count). The van der Waals surface area contributed by atoms with Gasteiger partial charge >= 0.3 is 0 Å². The highest BCUT2D eigenvalue weighted by atomic mass is 35.5. The number of halogens is 1. The number of ether oxygens (including phenoxy) is 1. The third kappa shape index (κ3) is 3.85. The Labute approximate surface area is 108 Å². The molecule has 3 nitrogen and oxygen atoms in total. The lowest BCUT2D eigenvalue weighted by Crippen LogP contribution is -2.40. The molecule has 2 fully saturated rings. The second-order valence-electron chi connectivity index (χ2n) is 5.22. The number of carbonyl (C=O) groups is 1. The van der Waals surface area contributed by atoms with E-state index >= 15 is 0 Å². The summed E-state index contributed by atoms with van der Waals surface area (Å²) < 4.78 is 5.33. The molecule has 1 heterocycles. The van der Waals surface area contributed by atoms with Crippen molar-refractivity contribution in [1.29, 1.82) is 0 Å². The van der Waals surface area contributed by atoms with E-state index in [0.29, 0.717) is 12.5 Å². The van der Waals surface area contributed by atoms with Crippen LogP contribution in [0.25, 0.3) is 0 Å². The van der Waals surface area contributed by atoms with Gasteiger partial charge in [-0.15, -0.1) is 11.6 Å². The van der Waals surface area contributed by atoms with E-state index in [0.717, 1.165) is 38.8 Å². The Morgan fingerprint density at radius 1 is 1.24 bits per heavy atom. The van der Waals surface area contributed by atoms with Crippen LogP contribution in [0.3, 0.4) is 0 Å². The topological polar surface area (TPSA) is 38.3 Å². The number of alkyl halides is 1. The van der Waals surface area contributed by atoms with Crippen LogP contribution in [0.2, 0.25) is 0 Å². The quantitative estimate of drug-likeness (QED) is 0.790. The number of amides is 1. The molecule has 1 saturated heterocycles. The van der Waals surface area contributed by atoms with E-state index in [2.05, 4.69) is 5.32 Å². The summed E-state index contributed by atoms with van der Waals surface area (Å²) in [5.74, 6) is 0.666. The first kappa shape index (κ1) is 13.2. The van der Waals surface area contributed by atoms with Gasteiger partial charge in [0.1, 0.15) is 0 Å². The van der Waals surface area contributed by atoms with Crippen LogP contribution in [-0.4, -0.2) is 31.0 Å². The SMILES string of the molecule is O=C(NCC1CCCCC1Cl)C1CCCOC1. The first-order valence-corrected chi connectivity index (χ1v) is 7.20. The molecule has 3 atom stereocenters. The molecule has 0 aromatic carbocycles. The van der Waals surface area contributed by atoms with Crippen molar-refractivity contribution in [3.05, 3.63) is 0 Å². The summed E-state index contributed by atoms with van der Waals surface area (Å²) in [5, 5.41) is 3.29. The zero-order valence-corrected chi connectivity index (χ0v) is 11.0. The van der Waals surface area contributed by atoms with Gasteiger partial charge in [-0.05, 0) is 31.6 Å². The molecule has 1 amide bonds. The summed E-state index contributed by atoms with van der Waals surface area (Å²) in [6.45, 7) is 2.13. The average Bonchev–Trinajstić information content (AvgIpc) is 2.38. The molecular formula is C13H22ClNO2. The van der Waals surface area contributed by atoms with Crippen molar-refractivity contribution in [2.75, 3.05) is 19.8 Å². The highest BCUT2D eigenvalue weighted by Crippen LogP contribution is 2.28. The maximum Gasteiger partial charge on any atom is 0.225 e. The van der Waals surface area contributed by atoms with Crippen LogP contribution in [0.15, 0.2) is 0 Å². The van der Waals surface area contributed by atoms with Gasteiger partial charge in [-0.1, -0.05) is 12.8 Å². The van der Waals surface area contributed by atoms with Crippen molar-refractivity contribution >= 4 is 17.5 Å². The van der Waals surface area contributed by atoms with Crippen molar-refractivity contribution in [1.82, 2.24) is 5.32 Å². The highest BCUT2D eigenvalue weighted by molar-refractivity contribution is 6.20. The predicted octanol–water partition coefficient (Wildman–Crippen LogP) is 2.33. The van der Waals surface area contributed by atoms with E-state index < -0.39 is 0 Å². The number of carbonyl (C=O) groups excluding carboxylic acids is 1. The maximum atomic E-state index is 11.9. The first-order valence-electron chi connectivity index (χ1n) is 6.77. The van der Waals surface area contributed by atoms with E-state index in [-0.39, 0.29) is 17.2 Å². The molecule has 4 heteroatoms. The van der Waals surface area contributed by atoms with Crippen molar-refractivity contribution in [3.8, 4) is 0 Å². The van der Waals surface area contributed by atoms with E-state index in [1.54, 1.807) is 0 Å². The zero-order valence-electron chi connectivity index (χ0n) is 10.3. The predicted molar refractivity (Wildman–Crippen MR) is 68.2 cm³/mol. The van der Waals surface area contributed by atoms with Gasteiger partial charge in [0.15, 0.2) is 0 Å². The molecule has 1 N–H and O–H groups in total. The van der Waals surface area contributed by atoms with Gasteiger partial charge < -0.3 is 10.1 Å². The Kier molecular flexibility index (Phi) is 5.11. The number of nitrogens with one attached hydrogen (secondary N) is 1. The average molecular weight is 260 g/mol. The summed E-state index contributed by atoms with van der Waals surface area (Å²) in [6, 6.07) is 0. The molecule has 1 aliphatic heterocycles. The molecule has 98 valence electrons. The van der Waals surface area contributed by atoms with Crippen molar-refractivity contribution < 1.29 is 9.53 Å². The molecule has 1 saturated carbocycles. The second-order valence-corrected chi connectivity index (χ2v) is 5.78. The van der Waals surface area contributed by atoms with Crippen molar-refractivity contribution in [3.63, 3.8) is 0 Å². The minimum atomic E-state index is 0.0566. The first-order chi connectivity index (χ1) is 8.27. The van der Waals surface area contributed by atoms with Gasteiger partial charge in [0, 0.05) is 18.5 Å². The molecule has 0 aromatic rings. The van der Waals surface area contributed by atoms with Crippen LogP contribution >= 0.6 is 11.6 Å². The van der Waals surface area contributed by atoms with Gasteiger partial charge in [-0.3, -0.25) is 4.79 Å². The summed E-state index contributed by atoms with van der Waals surface area (Å²) in [7, 11) is 0. The Morgan fingerprint density at radius 2 is 2.06 bits per heavy atom. The lowest BCUT2D eigenvalue weighted by Gasteiger charge is -2.28. The van der Waals surface area contributed by atoms with Crippen molar-refractivity contribution in [2.24, 2.45) is 11.8 Å². The van der Waals surface area contributed by atoms with Crippen LogP contribution in [0.4, 0.5) is 0 Å². The Hall–Kier alpha value is -0.280. The monoisotopic (exact) mass is 259 g/mol. The van der Waals surface area contributed by atoms with E-state index in [4.69, 9.17) is 16.3 Å². The van der Waals surface area contributed by atoms with Crippen molar-refractivity contribution in [2.45, 2.75) is 43.9 Å². The fourth-order valence-electron chi connectivity index (χ4n) is 2.72. The molecule has 2 aliphatic rings. The van der Waals surface area contributed by atoms with Crippen LogP contribution in [0, 0.1) is 11.8 Å². The minimum absolute atomic E-state index is 0.0566. The molecule has 0 spiro atoms. The number of rotatable bonds is 3. The van der Waals surface area contributed by atoms with Crippen LogP contribution in [0.5, 0.6) is 0 Å². The largest absolute Gasteiger partial charge is 0.381 e. The van der Waals surface area contributed by atoms with Gasteiger partial charge in [0.25, 0.3) is 0 Å². The summed E-state index contributed by atoms with van der Waals surface area (Å²) in [4.78, 5) is 11.9. The minimum Gasteiger partial charge on any atom is -0.381 e. The summed E-state index contributed by atoms with van der Waals surface area (Å²) >= 11 is 6.28. The standard InChI is InChI=1S/C13H22ClNO2/c14-12-6-2-1-4-10(12)8-15-13(16)11-5-3-7-17-9-11/h10-12H,1-9H2,(H,15,16). The highest BCUT2D eigenvalue weighted by Gasteiger charge is 2.26. The van der Waals surface area contributed by atoms with Crippen LogP contribution in [-0.2, 0) is 9.53 Å². The molecule has 0 bridgehead atoms. The lowest BCUT2D eigenvalue weighted by molar-refractivity contribution is -0.129. The third-order valence-corrected chi connectivity index (χ3v) is 4.46. The zero-order chi connectivity index (χ0) is 12.1. The summed E-state index contributed by atoms with van der Waals surface area (Å²) in [5.41, 5.74) is 0. The number of hydrogen-bond donors (Lipinski definition) is 1. The molecule has 3 unspecified atom stereocenters. The van der Waals surface area contributed by atoms with E-state index in [9.17, 15) is 4.79 Å². The Morgan fingerprint density at radius 3 is 2.76 bits per heavy atom. The molecule has 17 heavy (non-hydrogen) atoms. The molecule has 0 radical (unpaired) electrons. The molecular weight excluding hydrogens is 238 g/mol. The Balaban J connectivity index is 1.71. The van der Waals surface area contributed by atoms with Gasteiger partial charge in [0.05, 0.1) is 12.5 Å². The second kappa shape index (κ2) is 6.60.